The van der Waals surface area contributed by atoms with Crippen LogP contribution in [-0.4, -0.2) is 32.0 Å². The standard InChI is InChI=1S/C13H15F3N3O5P.ClH/c1-6(5-25(22,23)24)17-4-7-2-8(13(14,15)16)3-9-10(7)19-12(21)11(20)18-9;/h2-3,6,17H,4-5H2,1H3,(H,18,20)(H,19,21)(H2,22,23,24);1H/t6-;/m1./s1. The molecule has 2 aromatic rings. The first kappa shape index (κ1) is 22.4. The molecule has 0 aliphatic rings. The number of fused-ring (bicyclic) bond motifs is 1. The van der Waals surface area contributed by atoms with Gasteiger partial charge in [0.25, 0.3) is 0 Å². The number of rotatable bonds is 5. The van der Waals surface area contributed by atoms with E-state index in [4.69, 9.17) is 9.79 Å². The maximum absolute atomic E-state index is 13.0. The molecule has 8 nitrogen and oxygen atoms in total. The quantitative estimate of drug-likeness (QED) is 0.368. The Hall–Kier alpha value is -1.65. The Morgan fingerprint density at radius 2 is 1.77 bits per heavy atom. The Bertz CT molecular complexity index is 953. The molecule has 0 aliphatic heterocycles. The monoisotopic (exact) mass is 417 g/mol. The summed E-state index contributed by atoms with van der Waals surface area (Å²) in [6.45, 7) is 1.25. The molecule has 26 heavy (non-hydrogen) atoms. The molecule has 5 N–H and O–H groups in total. The first-order valence-corrected chi connectivity index (χ1v) is 8.81. The average molecular weight is 418 g/mol. The van der Waals surface area contributed by atoms with Gasteiger partial charge in [0.15, 0.2) is 0 Å². The van der Waals surface area contributed by atoms with Crippen LogP contribution >= 0.6 is 20.0 Å². The van der Waals surface area contributed by atoms with Crippen molar-refractivity contribution >= 4 is 31.0 Å². The highest BCUT2D eigenvalue weighted by Gasteiger charge is 2.31. The van der Waals surface area contributed by atoms with Gasteiger partial charge in [-0.1, -0.05) is 0 Å². The summed E-state index contributed by atoms with van der Waals surface area (Å²) >= 11 is 0. The number of hydrogen-bond donors (Lipinski definition) is 5. The highest BCUT2D eigenvalue weighted by atomic mass is 35.5. The summed E-state index contributed by atoms with van der Waals surface area (Å²) in [6.07, 6.45) is -5.18. The van der Waals surface area contributed by atoms with Crippen LogP contribution in [0.2, 0.25) is 0 Å². The van der Waals surface area contributed by atoms with Crippen LogP contribution in [0.25, 0.3) is 11.0 Å². The second kappa shape index (κ2) is 7.93. The van der Waals surface area contributed by atoms with Gasteiger partial charge < -0.3 is 25.1 Å². The Kier molecular flexibility index (Phi) is 6.83. The first-order valence-electron chi connectivity index (χ1n) is 7.01. The fourth-order valence-corrected chi connectivity index (χ4v) is 3.15. The Morgan fingerprint density at radius 1 is 1.19 bits per heavy atom. The molecule has 0 unspecified atom stereocenters. The van der Waals surface area contributed by atoms with E-state index in [0.29, 0.717) is 6.07 Å². The molecular weight excluding hydrogens is 402 g/mol. The summed E-state index contributed by atoms with van der Waals surface area (Å²) in [5.41, 5.74) is -3.29. The highest BCUT2D eigenvalue weighted by molar-refractivity contribution is 7.51. The van der Waals surface area contributed by atoms with Crippen molar-refractivity contribution in [2.24, 2.45) is 0 Å². The van der Waals surface area contributed by atoms with Crippen LogP contribution in [0.3, 0.4) is 0 Å². The van der Waals surface area contributed by atoms with Crippen molar-refractivity contribution in [1.29, 1.82) is 0 Å². The molecule has 146 valence electrons. The third-order valence-electron chi connectivity index (χ3n) is 3.39. The van der Waals surface area contributed by atoms with E-state index in [0.717, 1.165) is 6.07 Å². The van der Waals surface area contributed by atoms with E-state index in [1.165, 1.54) is 6.92 Å². The summed E-state index contributed by atoms with van der Waals surface area (Å²) in [4.78, 5) is 44.9. The SMILES string of the molecule is C[C@H](CP(=O)(O)O)NCc1cc(C(F)(F)F)cc2[nH]c(=O)c(=O)[nH]c12.Cl. The van der Waals surface area contributed by atoms with Gasteiger partial charge in [-0.15, -0.1) is 12.4 Å². The second-order valence-corrected chi connectivity index (χ2v) is 7.29. The molecule has 13 heteroatoms. The van der Waals surface area contributed by atoms with Gasteiger partial charge in [-0.3, -0.25) is 14.2 Å². The number of H-pyrrole nitrogens is 2. The number of alkyl halides is 3. The lowest BCUT2D eigenvalue weighted by molar-refractivity contribution is -0.137. The number of nitrogens with one attached hydrogen (secondary N) is 3. The molecule has 0 spiro atoms. The molecular formula is C13H16ClF3N3O5P. The summed E-state index contributed by atoms with van der Waals surface area (Å²) in [5, 5.41) is 2.69. The Balaban J connectivity index is 0.00000338. The molecule has 0 amide bonds. The molecule has 1 heterocycles. The maximum atomic E-state index is 13.0. The van der Waals surface area contributed by atoms with Crippen molar-refractivity contribution in [3.8, 4) is 0 Å². The van der Waals surface area contributed by atoms with E-state index in [1.807, 2.05) is 0 Å². The molecule has 0 bridgehead atoms. The molecule has 1 aromatic carbocycles. The smallest absolute Gasteiger partial charge is 0.324 e. The van der Waals surface area contributed by atoms with Crippen molar-refractivity contribution in [2.75, 3.05) is 6.16 Å². The van der Waals surface area contributed by atoms with Gasteiger partial charge in [0.05, 0.1) is 22.8 Å². The van der Waals surface area contributed by atoms with E-state index < -0.39 is 42.7 Å². The van der Waals surface area contributed by atoms with E-state index in [1.54, 1.807) is 0 Å². The van der Waals surface area contributed by atoms with E-state index in [9.17, 15) is 27.3 Å². The summed E-state index contributed by atoms with van der Waals surface area (Å²) in [7, 11) is -4.29. The first-order chi connectivity index (χ1) is 11.4. The van der Waals surface area contributed by atoms with Crippen LogP contribution in [0.5, 0.6) is 0 Å². The lowest BCUT2D eigenvalue weighted by atomic mass is 10.1. The van der Waals surface area contributed by atoms with Crippen molar-refractivity contribution in [3.63, 3.8) is 0 Å². The zero-order valence-corrected chi connectivity index (χ0v) is 15.0. The molecule has 0 fully saturated rings. The molecule has 0 saturated heterocycles. The topological polar surface area (TPSA) is 135 Å². The fraction of sp³-hybridized carbons (Fsp3) is 0.385. The molecule has 2 rings (SSSR count). The van der Waals surface area contributed by atoms with Gasteiger partial charge in [0.2, 0.25) is 0 Å². The van der Waals surface area contributed by atoms with Crippen molar-refractivity contribution in [1.82, 2.24) is 15.3 Å². The summed E-state index contributed by atoms with van der Waals surface area (Å²) < 4.78 is 50.0. The van der Waals surface area contributed by atoms with Gasteiger partial charge in [-0.25, -0.2) is 0 Å². The minimum absolute atomic E-state index is 0. The zero-order chi connectivity index (χ0) is 19.0. The van der Waals surface area contributed by atoms with Crippen LogP contribution in [0.1, 0.15) is 18.1 Å². The number of hydrogen-bond acceptors (Lipinski definition) is 4. The lowest BCUT2D eigenvalue weighted by Crippen LogP contribution is -2.31. The molecule has 0 radical (unpaired) electrons. The molecule has 0 aliphatic carbocycles. The van der Waals surface area contributed by atoms with Crippen molar-refractivity contribution in [2.45, 2.75) is 25.7 Å². The normalized spacial score (nSPS) is 13.5. The van der Waals surface area contributed by atoms with E-state index in [2.05, 4.69) is 15.3 Å². The van der Waals surface area contributed by atoms with Crippen molar-refractivity contribution in [3.05, 3.63) is 44.0 Å². The van der Waals surface area contributed by atoms with Gasteiger partial charge in [0, 0.05) is 12.6 Å². The third-order valence-corrected chi connectivity index (χ3v) is 4.42. The van der Waals surface area contributed by atoms with Crippen LogP contribution in [0.4, 0.5) is 13.2 Å². The van der Waals surface area contributed by atoms with E-state index in [-0.39, 0.29) is 35.5 Å². The zero-order valence-electron chi connectivity index (χ0n) is 13.3. The van der Waals surface area contributed by atoms with Gasteiger partial charge in [-0.05, 0) is 24.6 Å². The predicted molar refractivity (Wildman–Crippen MR) is 90.7 cm³/mol. The van der Waals surface area contributed by atoms with Gasteiger partial charge in [-0.2, -0.15) is 13.2 Å². The maximum Gasteiger partial charge on any atom is 0.416 e. The number of benzene rings is 1. The Labute approximate surface area is 150 Å². The van der Waals surface area contributed by atoms with Crippen LogP contribution in [0, 0.1) is 0 Å². The van der Waals surface area contributed by atoms with Gasteiger partial charge in [0.1, 0.15) is 0 Å². The summed E-state index contributed by atoms with van der Waals surface area (Å²) in [5.74, 6) is 0. The van der Waals surface area contributed by atoms with Gasteiger partial charge >= 0.3 is 24.9 Å². The van der Waals surface area contributed by atoms with Crippen LogP contribution in [-0.2, 0) is 17.3 Å². The molecule has 1 atom stereocenters. The minimum Gasteiger partial charge on any atom is -0.324 e. The number of halogens is 4. The lowest BCUT2D eigenvalue weighted by Gasteiger charge is -2.16. The third kappa shape index (κ3) is 5.68. The van der Waals surface area contributed by atoms with Crippen molar-refractivity contribution < 1.29 is 27.5 Å². The highest BCUT2D eigenvalue weighted by Crippen LogP contribution is 2.35. The largest absolute Gasteiger partial charge is 0.416 e. The minimum atomic E-state index is -4.67. The average Bonchev–Trinajstić information content (AvgIpc) is 2.43. The molecule has 1 aromatic heterocycles. The predicted octanol–water partition coefficient (Wildman–Crippen LogP) is 1.31. The fourth-order valence-electron chi connectivity index (χ4n) is 2.31. The number of aromatic nitrogens is 2. The van der Waals surface area contributed by atoms with Crippen LogP contribution < -0.4 is 16.4 Å². The van der Waals surface area contributed by atoms with Crippen LogP contribution in [0.15, 0.2) is 21.7 Å². The Morgan fingerprint density at radius 3 is 2.31 bits per heavy atom. The summed E-state index contributed by atoms with van der Waals surface area (Å²) in [6, 6.07) is 0.808. The molecule has 0 saturated carbocycles. The van der Waals surface area contributed by atoms with E-state index >= 15 is 0 Å². The second-order valence-electron chi connectivity index (χ2n) is 5.59. The number of aromatic amines is 2.